The molecule has 1 nitrogen and oxygen atoms in total. The third-order valence-electron chi connectivity index (χ3n) is 1.84. The van der Waals surface area contributed by atoms with Gasteiger partial charge in [-0.05, 0) is 12.8 Å². The van der Waals surface area contributed by atoms with Crippen LogP contribution in [0.4, 0.5) is 4.39 Å². The maximum absolute atomic E-state index is 12.9. The van der Waals surface area contributed by atoms with Crippen molar-refractivity contribution in [3.8, 4) is 0 Å². The minimum Gasteiger partial charge on any atom is -0.390 e. The van der Waals surface area contributed by atoms with Gasteiger partial charge in [0.15, 0.2) is 0 Å². The molecule has 0 unspecified atom stereocenters. The minimum absolute atomic E-state index is 0.491. The molecular formula is C9H19FO. The Balaban J connectivity index is 3.38. The summed E-state index contributed by atoms with van der Waals surface area (Å²) in [6.07, 6.45) is 2.12. The number of rotatable bonds is 6. The molecule has 0 radical (unpaired) electrons. The van der Waals surface area contributed by atoms with E-state index in [-0.39, 0.29) is 0 Å². The molecule has 0 spiro atoms. The number of aliphatic hydroxyl groups excluding tert-OH is 1. The van der Waals surface area contributed by atoms with Crippen LogP contribution in [-0.2, 0) is 0 Å². The van der Waals surface area contributed by atoms with Crippen LogP contribution in [-0.4, -0.2) is 17.4 Å². The van der Waals surface area contributed by atoms with Gasteiger partial charge in [0, 0.05) is 0 Å². The maximum Gasteiger partial charge on any atom is 0.126 e. The van der Waals surface area contributed by atoms with Crippen molar-refractivity contribution in [3.05, 3.63) is 0 Å². The molecular weight excluding hydrogens is 143 g/mol. The normalized spacial score (nSPS) is 16.4. The highest BCUT2D eigenvalue weighted by Gasteiger charge is 2.15. The molecule has 0 aromatic rings. The van der Waals surface area contributed by atoms with Crippen molar-refractivity contribution in [1.29, 1.82) is 0 Å². The summed E-state index contributed by atoms with van der Waals surface area (Å²) < 4.78 is 12.9. The van der Waals surface area contributed by atoms with Crippen molar-refractivity contribution in [1.82, 2.24) is 0 Å². The van der Waals surface area contributed by atoms with Crippen LogP contribution < -0.4 is 0 Å². The first-order valence-electron chi connectivity index (χ1n) is 4.54. The van der Waals surface area contributed by atoms with Crippen molar-refractivity contribution in [2.45, 2.75) is 58.2 Å². The van der Waals surface area contributed by atoms with Crippen molar-refractivity contribution >= 4 is 0 Å². The van der Waals surface area contributed by atoms with Crippen LogP contribution in [0.5, 0.6) is 0 Å². The van der Waals surface area contributed by atoms with E-state index in [1.165, 1.54) is 0 Å². The van der Waals surface area contributed by atoms with Crippen molar-refractivity contribution < 1.29 is 9.50 Å². The van der Waals surface area contributed by atoms with Gasteiger partial charge < -0.3 is 5.11 Å². The van der Waals surface area contributed by atoms with Crippen LogP contribution in [0.3, 0.4) is 0 Å². The number of halogens is 1. The number of unbranched alkanes of at least 4 members (excludes halogenated alkanes) is 1. The second-order valence-corrected chi connectivity index (χ2v) is 3.01. The largest absolute Gasteiger partial charge is 0.390 e. The van der Waals surface area contributed by atoms with Crippen LogP contribution in [0, 0.1) is 0 Å². The molecule has 0 aliphatic rings. The predicted octanol–water partition coefficient (Wildman–Crippen LogP) is 2.68. The van der Waals surface area contributed by atoms with Crippen molar-refractivity contribution in [2.24, 2.45) is 0 Å². The molecule has 0 aliphatic heterocycles. The standard InChI is InChI=1S/C9H19FO/c1-3-5-7-9(11)8(10)6-4-2/h8-9,11H,3-7H2,1-2H3/t8-,9+/m0/s1. The summed E-state index contributed by atoms with van der Waals surface area (Å²) in [7, 11) is 0. The predicted molar refractivity (Wildman–Crippen MR) is 45.3 cm³/mol. The molecule has 0 amide bonds. The lowest BCUT2D eigenvalue weighted by atomic mass is 10.1. The van der Waals surface area contributed by atoms with Gasteiger partial charge in [0.1, 0.15) is 6.17 Å². The van der Waals surface area contributed by atoms with E-state index >= 15 is 0 Å². The van der Waals surface area contributed by atoms with Gasteiger partial charge in [0.2, 0.25) is 0 Å². The van der Waals surface area contributed by atoms with Gasteiger partial charge in [-0.1, -0.05) is 33.1 Å². The second-order valence-electron chi connectivity index (χ2n) is 3.01. The van der Waals surface area contributed by atoms with Gasteiger partial charge in [-0.15, -0.1) is 0 Å². The Labute approximate surface area is 68.6 Å². The Bertz CT molecular complexity index is 85.6. The zero-order valence-corrected chi connectivity index (χ0v) is 7.52. The first-order chi connectivity index (χ1) is 5.22. The van der Waals surface area contributed by atoms with Crippen LogP contribution in [0.25, 0.3) is 0 Å². The molecule has 68 valence electrons. The highest BCUT2D eigenvalue weighted by molar-refractivity contribution is 4.66. The summed E-state index contributed by atoms with van der Waals surface area (Å²) in [5, 5.41) is 9.20. The summed E-state index contributed by atoms with van der Waals surface area (Å²) in [5.74, 6) is 0. The first kappa shape index (κ1) is 10.9. The summed E-state index contributed by atoms with van der Waals surface area (Å²) in [6, 6.07) is 0. The van der Waals surface area contributed by atoms with E-state index in [0.29, 0.717) is 12.8 Å². The highest BCUT2D eigenvalue weighted by Crippen LogP contribution is 2.12. The summed E-state index contributed by atoms with van der Waals surface area (Å²) in [5.41, 5.74) is 0. The molecule has 1 N–H and O–H groups in total. The quantitative estimate of drug-likeness (QED) is 0.636. The van der Waals surface area contributed by atoms with E-state index in [4.69, 9.17) is 0 Å². The molecule has 0 saturated heterocycles. The Morgan fingerprint density at radius 2 is 1.82 bits per heavy atom. The fourth-order valence-electron chi connectivity index (χ4n) is 1.06. The Morgan fingerprint density at radius 1 is 1.18 bits per heavy atom. The number of alkyl halides is 1. The van der Waals surface area contributed by atoms with E-state index in [1.54, 1.807) is 0 Å². The SMILES string of the molecule is CCCC[C@@H](O)[C@@H](F)CCC. The van der Waals surface area contributed by atoms with Crippen LogP contribution in [0.1, 0.15) is 46.0 Å². The Morgan fingerprint density at radius 3 is 2.27 bits per heavy atom. The van der Waals surface area contributed by atoms with E-state index in [0.717, 1.165) is 19.3 Å². The molecule has 2 heteroatoms. The Hall–Kier alpha value is -0.110. The second kappa shape index (κ2) is 6.59. The van der Waals surface area contributed by atoms with Gasteiger partial charge >= 0.3 is 0 Å². The van der Waals surface area contributed by atoms with E-state index in [1.807, 2.05) is 13.8 Å². The third kappa shape index (κ3) is 5.19. The summed E-state index contributed by atoms with van der Waals surface area (Å²) >= 11 is 0. The third-order valence-corrected chi connectivity index (χ3v) is 1.84. The van der Waals surface area contributed by atoms with E-state index in [9.17, 15) is 9.50 Å². The lowest BCUT2D eigenvalue weighted by Gasteiger charge is -2.13. The fraction of sp³-hybridized carbons (Fsp3) is 1.00. The molecule has 0 heterocycles. The number of hydrogen-bond donors (Lipinski definition) is 1. The van der Waals surface area contributed by atoms with Gasteiger partial charge in [-0.2, -0.15) is 0 Å². The average Bonchev–Trinajstić information content (AvgIpc) is 2.00. The monoisotopic (exact) mass is 162 g/mol. The topological polar surface area (TPSA) is 20.2 Å². The van der Waals surface area contributed by atoms with Crippen molar-refractivity contribution in [3.63, 3.8) is 0 Å². The molecule has 0 saturated carbocycles. The molecule has 0 aromatic carbocycles. The first-order valence-corrected chi connectivity index (χ1v) is 4.54. The zero-order valence-electron chi connectivity index (χ0n) is 7.52. The lowest BCUT2D eigenvalue weighted by molar-refractivity contribution is 0.0636. The van der Waals surface area contributed by atoms with Gasteiger partial charge in [-0.25, -0.2) is 4.39 Å². The molecule has 2 atom stereocenters. The molecule has 0 bridgehead atoms. The van der Waals surface area contributed by atoms with Crippen molar-refractivity contribution in [2.75, 3.05) is 0 Å². The lowest BCUT2D eigenvalue weighted by Crippen LogP contribution is -2.21. The van der Waals surface area contributed by atoms with Gasteiger partial charge in [0.05, 0.1) is 6.10 Å². The summed E-state index contributed by atoms with van der Waals surface area (Å²) in [4.78, 5) is 0. The molecule has 0 aromatic heterocycles. The highest BCUT2D eigenvalue weighted by atomic mass is 19.1. The molecule has 0 aliphatic carbocycles. The molecule has 0 rings (SSSR count). The van der Waals surface area contributed by atoms with Crippen LogP contribution in [0.2, 0.25) is 0 Å². The van der Waals surface area contributed by atoms with Crippen LogP contribution in [0.15, 0.2) is 0 Å². The minimum atomic E-state index is -1.01. The number of aliphatic hydroxyl groups is 1. The number of hydrogen-bond acceptors (Lipinski definition) is 1. The Kier molecular flexibility index (Phi) is 6.52. The summed E-state index contributed by atoms with van der Waals surface area (Å²) in [6.45, 7) is 3.97. The van der Waals surface area contributed by atoms with Gasteiger partial charge in [-0.3, -0.25) is 0 Å². The zero-order chi connectivity index (χ0) is 8.69. The maximum atomic E-state index is 12.9. The van der Waals surface area contributed by atoms with E-state index < -0.39 is 12.3 Å². The van der Waals surface area contributed by atoms with Gasteiger partial charge in [0.25, 0.3) is 0 Å². The average molecular weight is 162 g/mol. The molecule has 0 fully saturated rings. The van der Waals surface area contributed by atoms with Crippen LogP contribution >= 0.6 is 0 Å². The fourth-order valence-corrected chi connectivity index (χ4v) is 1.06. The van der Waals surface area contributed by atoms with E-state index in [2.05, 4.69) is 0 Å². The smallest absolute Gasteiger partial charge is 0.126 e. The molecule has 11 heavy (non-hydrogen) atoms.